The van der Waals surface area contributed by atoms with Crippen LogP contribution < -0.4 is 5.32 Å². The predicted octanol–water partition coefficient (Wildman–Crippen LogP) is 2.33. The van der Waals surface area contributed by atoms with Crippen LogP contribution in [0, 0.1) is 0 Å². The average molecular weight is 218 g/mol. The highest BCUT2D eigenvalue weighted by Gasteiger charge is 2.29. The highest BCUT2D eigenvalue weighted by molar-refractivity contribution is 7.09. The van der Waals surface area contributed by atoms with Crippen LogP contribution >= 0.6 is 11.3 Å². The minimum Gasteiger partial charge on any atom is -0.316 e. The molecule has 1 unspecified atom stereocenters. The van der Waals surface area contributed by atoms with E-state index in [9.17, 15) is 8.78 Å². The van der Waals surface area contributed by atoms with Crippen molar-refractivity contribution < 1.29 is 8.78 Å². The van der Waals surface area contributed by atoms with Gasteiger partial charge in [0.1, 0.15) is 5.69 Å². The molecule has 14 heavy (non-hydrogen) atoms. The van der Waals surface area contributed by atoms with Crippen molar-refractivity contribution in [2.24, 2.45) is 0 Å². The second-order valence-corrected chi connectivity index (χ2v) is 4.54. The van der Waals surface area contributed by atoms with Crippen molar-refractivity contribution in [3.05, 3.63) is 16.1 Å². The molecule has 2 rings (SSSR count). The minimum atomic E-state index is -2.80. The number of aromatic nitrogens is 1. The van der Waals surface area contributed by atoms with E-state index >= 15 is 0 Å². The third kappa shape index (κ3) is 1.93. The third-order valence-corrected chi connectivity index (χ3v) is 3.39. The van der Waals surface area contributed by atoms with Crippen molar-refractivity contribution in [3.8, 4) is 0 Å². The fourth-order valence-corrected chi connectivity index (χ4v) is 2.58. The van der Waals surface area contributed by atoms with Gasteiger partial charge >= 0.3 is 0 Å². The van der Waals surface area contributed by atoms with Crippen LogP contribution in [0.4, 0.5) is 8.78 Å². The molecule has 0 radical (unpaired) electrons. The molecule has 1 aliphatic heterocycles. The van der Waals surface area contributed by atoms with Crippen molar-refractivity contribution >= 4 is 11.3 Å². The fourth-order valence-electron chi connectivity index (χ4n) is 1.54. The third-order valence-electron chi connectivity index (χ3n) is 2.38. The highest BCUT2D eigenvalue weighted by atomic mass is 32.1. The molecule has 0 bridgehead atoms. The molecule has 1 N–H and O–H groups in total. The summed E-state index contributed by atoms with van der Waals surface area (Å²) in [5.74, 6) is -2.48. The predicted molar refractivity (Wildman–Crippen MR) is 51.9 cm³/mol. The van der Waals surface area contributed by atoms with E-state index < -0.39 is 5.92 Å². The van der Waals surface area contributed by atoms with Gasteiger partial charge in [-0.3, -0.25) is 0 Å². The Bertz CT molecular complexity index is 313. The maximum absolute atomic E-state index is 12.9. The molecule has 0 saturated carbocycles. The van der Waals surface area contributed by atoms with Gasteiger partial charge in [0.2, 0.25) is 0 Å². The van der Waals surface area contributed by atoms with Crippen molar-refractivity contribution in [1.82, 2.24) is 10.3 Å². The SMILES string of the molecule is CC(F)(F)c1csc(C2CCNC2)n1. The Hall–Kier alpha value is -0.550. The molecule has 2 nitrogen and oxygen atoms in total. The molecule has 2 heterocycles. The molecule has 1 aromatic heterocycles. The first kappa shape index (κ1) is 9.98. The van der Waals surface area contributed by atoms with E-state index in [-0.39, 0.29) is 5.69 Å². The van der Waals surface area contributed by atoms with Crippen molar-refractivity contribution in [2.75, 3.05) is 13.1 Å². The topological polar surface area (TPSA) is 24.9 Å². The average Bonchev–Trinajstić information content (AvgIpc) is 2.73. The van der Waals surface area contributed by atoms with Crippen molar-refractivity contribution in [1.29, 1.82) is 0 Å². The summed E-state index contributed by atoms with van der Waals surface area (Å²) in [4.78, 5) is 3.99. The molecule has 0 aliphatic carbocycles. The lowest BCUT2D eigenvalue weighted by molar-refractivity contribution is 0.0132. The molecular formula is C9H12F2N2S. The van der Waals surface area contributed by atoms with Gasteiger partial charge in [-0.05, 0) is 13.0 Å². The summed E-state index contributed by atoms with van der Waals surface area (Å²) < 4.78 is 25.8. The number of nitrogens with one attached hydrogen (secondary N) is 1. The molecule has 5 heteroatoms. The Morgan fingerprint density at radius 3 is 2.93 bits per heavy atom. The lowest BCUT2D eigenvalue weighted by Crippen LogP contribution is -2.10. The van der Waals surface area contributed by atoms with Gasteiger partial charge in [0.05, 0.1) is 5.01 Å². The summed E-state index contributed by atoms with van der Waals surface area (Å²) in [6, 6.07) is 0. The highest BCUT2D eigenvalue weighted by Crippen LogP contribution is 2.32. The number of hydrogen-bond acceptors (Lipinski definition) is 3. The van der Waals surface area contributed by atoms with Gasteiger partial charge in [0, 0.05) is 24.8 Å². The van der Waals surface area contributed by atoms with Gasteiger partial charge in [-0.1, -0.05) is 0 Å². The zero-order valence-corrected chi connectivity index (χ0v) is 8.70. The Labute approximate surface area is 85.4 Å². The van der Waals surface area contributed by atoms with Gasteiger partial charge in [0.15, 0.2) is 0 Å². The van der Waals surface area contributed by atoms with Crippen LogP contribution in [-0.2, 0) is 5.92 Å². The second-order valence-electron chi connectivity index (χ2n) is 3.65. The molecule has 0 aromatic carbocycles. The van der Waals surface area contributed by atoms with E-state index in [4.69, 9.17) is 0 Å². The molecule has 0 amide bonds. The van der Waals surface area contributed by atoms with Crippen LogP contribution in [-0.4, -0.2) is 18.1 Å². The Morgan fingerprint density at radius 1 is 1.64 bits per heavy atom. The van der Waals surface area contributed by atoms with Gasteiger partial charge in [0.25, 0.3) is 5.92 Å². The van der Waals surface area contributed by atoms with Gasteiger partial charge in [-0.25, -0.2) is 4.98 Å². The monoisotopic (exact) mass is 218 g/mol. The number of hydrogen-bond donors (Lipinski definition) is 1. The summed E-state index contributed by atoms with van der Waals surface area (Å²) in [5.41, 5.74) is -0.0931. The van der Waals surface area contributed by atoms with E-state index in [1.54, 1.807) is 0 Å². The smallest absolute Gasteiger partial charge is 0.287 e. The van der Waals surface area contributed by atoms with Gasteiger partial charge in [-0.2, -0.15) is 8.78 Å². The largest absolute Gasteiger partial charge is 0.316 e. The maximum Gasteiger partial charge on any atom is 0.287 e. The van der Waals surface area contributed by atoms with E-state index in [1.807, 2.05) is 0 Å². The van der Waals surface area contributed by atoms with Crippen LogP contribution in [0.1, 0.15) is 30.0 Å². The molecule has 1 atom stereocenters. The summed E-state index contributed by atoms with van der Waals surface area (Å²) >= 11 is 1.34. The van der Waals surface area contributed by atoms with Gasteiger partial charge in [-0.15, -0.1) is 11.3 Å². The normalized spacial score (nSPS) is 22.9. The van der Waals surface area contributed by atoms with Gasteiger partial charge < -0.3 is 5.32 Å². The van der Waals surface area contributed by atoms with Crippen LogP contribution in [0.3, 0.4) is 0 Å². The fraction of sp³-hybridized carbons (Fsp3) is 0.667. The quantitative estimate of drug-likeness (QED) is 0.824. The molecule has 1 fully saturated rings. The Kier molecular flexibility index (Phi) is 2.53. The minimum absolute atomic E-state index is 0.0931. The lowest BCUT2D eigenvalue weighted by Gasteiger charge is -2.06. The summed E-state index contributed by atoms with van der Waals surface area (Å²) in [6.07, 6.45) is 1.00. The van der Waals surface area contributed by atoms with Crippen molar-refractivity contribution in [3.63, 3.8) is 0 Å². The number of rotatable bonds is 2. The first-order valence-electron chi connectivity index (χ1n) is 4.62. The second kappa shape index (κ2) is 3.55. The van der Waals surface area contributed by atoms with E-state index in [0.717, 1.165) is 31.4 Å². The standard InChI is InChI=1S/C9H12F2N2S/c1-9(10,11)7-5-14-8(13-7)6-2-3-12-4-6/h5-6,12H,2-4H2,1H3. The molecule has 0 spiro atoms. The molecular weight excluding hydrogens is 206 g/mol. The molecule has 1 aliphatic rings. The van der Waals surface area contributed by atoms with E-state index in [2.05, 4.69) is 10.3 Å². The van der Waals surface area contributed by atoms with Crippen LogP contribution in [0.5, 0.6) is 0 Å². The molecule has 78 valence electrons. The van der Waals surface area contributed by atoms with Crippen LogP contribution in [0.15, 0.2) is 5.38 Å². The molecule has 1 saturated heterocycles. The first-order chi connectivity index (χ1) is 6.57. The zero-order chi connectivity index (χ0) is 10.2. The lowest BCUT2D eigenvalue weighted by atomic mass is 10.1. The number of thiazole rings is 1. The van der Waals surface area contributed by atoms with Crippen LogP contribution in [0.25, 0.3) is 0 Å². The number of halogens is 2. The molecule has 1 aromatic rings. The van der Waals surface area contributed by atoms with E-state index in [1.165, 1.54) is 16.7 Å². The number of nitrogens with zero attached hydrogens (tertiary/aromatic N) is 1. The summed E-state index contributed by atoms with van der Waals surface area (Å²) in [5, 5.41) is 5.50. The Balaban J connectivity index is 2.17. The van der Waals surface area contributed by atoms with Crippen molar-refractivity contribution in [2.45, 2.75) is 25.2 Å². The summed E-state index contributed by atoms with van der Waals surface area (Å²) in [6.45, 7) is 2.71. The van der Waals surface area contributed by atoms with E-state index in [0.29, 0.717) is 5.92 Å². The first-order valence-corrected chi connectivity index (χ1v) is 5.50. The Morgan fingerprint density at radius 2 is 2.43 bits per heavy atom. The maximum atomic E-state index is 12.9. The zero-order valence-electron chi connectivity index (χ0n) is 7.89. The number of alkyl halides is 2. The summed E-state index contributed by atoms with van der Waals surface area (Å²) in [7, 11) is 0. The van der Waals surface area contributed by atoms with Crippen LogP contribution in [0.2, 0.25) is 0 Å².